The number of hydrogen-bond donors (Lipinski definition) is 1. The Balaban J connectivity index is 1.98. The Morgan fingerprint density at radius 2 is 1.96 bits per heavy atom. The van der Waals surface area contributed by atoms with Crippen LogP contribution in [0.2, 0.25) is 5.02 Å². The molecule has 4 aromatic rings. The first-order valence-corrected chi connectivity index (χ1v) is 9.19. The normalized spacial score (nSPS) is 11.3. The van der Waals surface area contributed by atoms with E-state index in [0.717, 1.165) is 16.5 Å². The zero-order chi connectivity index (χ0) is 19.8. The standard InChI is InChI=1S/C20H19ClN6O/c1-11(2)28-20-19(22)24-18(15-6-8-27(3)26-15)17(25-20)13-9-12-5-4-7-23-16(12)14(21)10-13/h4-11H,1-3H3,(H2,22,24). The lowest BCUT2D eigenvalue weighted by atomic mass is 10.0. The van der Waals surface area contributed by atoms with Crippen LogP contribution in [0.25, 0.3) is 33.5 Å². The first-order valence-electron chi connectivity index (χ1n) is 8.81. The van der Waals surface area contributed by atoms with Crippen molar-refractivity contribution >= 4 is 28.3 Å². The second-order valence-electron chi connectivity index (χ2n) is 6.69. The van der Waals surface area contributed by atoms with E-state index in [1.54, 1.807) is 10.9 Å². The van der Waals surface area contributed by atoms with Crippen LogP contribution in [0.4, 0.5) is 5.82 Å². The van der Waals surface area contributed by atoms with E-state index in [4.69, 9.17) is 22.1 Å². The van der Waals surface area contributed by atoms with Crippen LogP contribution in [0.5, 0.6) is 5.88 Å². The molecule has 4 rings (SSSR count). The Morgan fingerprint density at radius 3 is 2.68 bits per heavy atom. The molecule has 1 aromatic carbocycles. The summed E-state index contributed by atoms with van der Waals surface area (Å²) in [5.41, 5.74) is 9.45. The summed E-state index contributed by atoms with van der Waals surface area (Å²) in [7, 11) is 1.84. The van der Waals surface area contributed by atoms with E-state index in [-0.39, 0.29) is 17.8 Å². The van der Waals surface area contributed by atoms with Crippen LogP contribution in [0.15, 0.2) is 42.7 Å². The SMILES string of the molecule is CC(C)Oc1nc(-c2cc(Cl)c3ncccc3c2)c(-c2ccn(C)n2)nc1N. The first-order chi connectivity index (χ1) is 13.4. The van der Waals surface area contributed by atoms with Gasteiger partial charge in [0.15, 0.2) is 5.82 Å². The number of benzene rings is 1. The van der Waals surface area contributed by atoms with Gasteiger partial charge < -0.3 is 10.5 Å². The molecule has 8 heteroatoms. The van der Waals surface area contributed by atoms with E-state index >= 15 is 0 Å². The number of fused-ring (bicyclic) bond motifs is 1. The van der Waals surface area contributed by atoms with Gasteiger partial charge in [0.2, 0.25) is 0 Å². The molecule has 142 valence electrons. The highest BCUT2D eigenvalue weighted by Gasteiger charge is 2.20. The lowest BCUT2D eigenvalue weighted by molar-refractivity contribution is 0.233. The van der Waals surface area contributed by atoms with Gasteiger partial charge in [-0.2, -0.15) is 5.10 Å². The molecule has 0 atom stereocenters. The second kappa shape index (κ2) is 7.09. The molecule has 0 aliphatic carbocycles. The molecule has 0 spiro atoms. The monoisotopic (exact) mass is 394 g/mol. The smallest absolute Gasteiger partial charge is 0.258 e. The Morgan fingerprint density at radius 1 is 1.14 bits per heavy atom. The molecule has 0 amide bonds. The second-order valence-corrected chi connectivity index (χ2v) is 7.09. The van der Waals surface area contributed by atoms with Gasteiger partial charge in [-0.15, -0.1) is 0 Å². The molecular formula is C20H19ClN6O. The van der Waals surface area contributed by atoms with E-state index in [1.165, 1.54) is 0 Å². The quantitative estimate of drug-likeness (QED) is 0.559. The summed E-state index contributed by atoms with van der Waals surface area (Å²) < 4.78 is 7.45. The minimum Gasteiger partial charge on any atom is -0.472 e. The first kappa shape index (κ1) is 18.2. The molecule has 0 unspecified atom stereocenters. The summed E-state index contributed by atoms with van der Waals surface area (Å²) in [6.07, 6.45) is 3.46. The van der Waals surface area contributed by atoms with Gasteiger partial charge in [0.25, 0.3) is 5.88 Å². The summed E-state index contributed by atoms with van der Waals surface area (Å²) in [4.78, 5) is 13.6. The number of aromatic nitrogens is 5. The van der Waals surface area contributed by atoms with Gasteiger partial charge >= 0.3 is 0 Å². The number of anilines is 1. The molecule has 3 heterocycles. The summed E-state index contributed by atoms with van der Waals surface area (Å²) >= 11 is 6.48. The van der Waals surface area contributed by atoms with E-state index < -0.39 is 0 Å². The van der Waals surface area contributed by atoms with Gasteiger partial charge in [0.05, 0.1) is 16.6 Å². The van der Waals surface area contributed by atoms with Crippen molar-refractivity contribution < 1.29 is 4.74 Å². The highest BCUT2D eigenvalue weighted by Crippen LogP contribution is 2.36. The van der Waals surface area contributed by atoms with Crippen molar-refractivity contribution in [3.63, 3.8) is 0 Å². The highest BCUT2D eigenvalue weighted by molar-refractivity contribution is 6.35. The Bertz CT molecular complexity index is 1170. The van der Waals surface area contributed by atoms with Crippen molar-refractivity contribution in [2.24, 2.45) is 7.05 Å². The topological polar surface area (TPSA) is 91.7 Å². The molecule has 0 fully saturated rings. The van der Waals surface area contributed by atoms with Crippen molar-refractivity contribution in [1.29, 1.82) is 0 Å². The number of hydrogen-bond acceptors (Lipinski definition) is 6. The fraction of sp³-hybridized carbons (Fsp3) is 0.200. The molecule has 3 aromatic heterocycles. The zero-order valence-electron chi connectivity index (χ0n) is 15.7. The fourth-order valence-corrected chi connectivity index (χ4v) is 3.22. The molecule has 28 heavy (non-hydrogen) atoms. The number of nitrogen functional groups attached to an aromatic ring is 1. The number of rotatable bonds is 4. The molecule has 2 N–H and O–H groups in total. The van der Waals surface area contributed by atoms with E-state index in [0.29, 0.717) is 22.1 Å². The maximum atomic E-state index is 6.48. The lowest BCUT2D eigenvalue weighted by Gasteiger charge is -2.15. The van der Waals surface area contributed by atoms with Gasteiger partial charge in [0.1, 0.15) is 17.1 Å². The number of nitrogens with zero attached hydrogens (tertiary/aromatic N) is 5. The minimum atomic E-state index is -0.0884. The summed E-state index contributed by atoms with van der Waals surface area (Å²) in [5, 5.41) is 5.89. The third kappa shape index (κ3) is 3.36. The summed E-state index contributed by atoms with van der Waals surface area (Å²) in [5.74, 6) is 0.499. The van der Waals surface area contributed by atoms with E-state index in [9.17, 15) is 0 Å². The molecule has 0 saturated heterocycles. The van der Waals surface area contributed by atoms with Crippen LogP contribution in [0.3, 0.4) is 0 Å². The average Bonchev–Trinajstić information content (AvgIpc) is 3.09. The van der Waals surface area contributed by atoms with Gasteiger partial charge in [-0.1, -0.05) is 17.7 Å². The molecule has 7 nitrogen and oxygen atoms in total. The Kier molecular flexibility index (Phi) is 4.60. The maximum absolute atomic E-state index is 6.48. The van der Waals surface area contributed by atoms with Crippen molar-refractivity contribution in [2.75, 3.05) is 5.73 Å². The van der Waals surface area contributed by atoms with Crippen LogP contribution in [-0.4, -0.2) is 30.8 Å². The fourth-order valence-electron chi connectivity index (χ4n) is 2.95. The van der Waals surface area contributed by atoms with Gasteiger partial charge in [-0.25, -0.2) is 9.97 Å². The van der Waals surface area contributed by atoms with Crippen molar-refractivity contribution in [3.05, 3.63) is 47.7 Å². The number of aryl methyl sites for hydroxylation is 1. The molecule has 0 aliphatic rings. The molecule has 0 radical (unpaired) electrons. The number of nitrogens with two attached hydrogens (primary N) is 1. The van der Waals surface area contributed by atoms with Crippen LogP contribution in [0.1, 0.15) is 13.8 Å². The third-order valence-electron chi connectivity index (χ3n) is 4.12. The van der Waals surface area contributed by atoms with E-state index in [2.05, 4.69) is 20.1 Å². The third-order valence-corrected chi connectivity index (χ3v) is 4.41. The predicted octanol–water partition coefficient (Wildman–Crippen LogP) is 4.12. The van der Waals surface area contributed by atoms with Crippen molar-refractivity contribution in [3.8, 4) is 28.5 Å². The van der Waals surface area contributed by atoms with Crippen molar-refractivity contribution in [1.82, 2.24) is 24.7 Å². The predicted molar refractivity (Wildman–Crippen MR) is 110 cm³/mol. The number of halogens is 1. The maximum Gasteiger partial charge on any atom is 0.258 e. The number of ether oxygens (including phenoxy) is 1. The highest BCUT2D eigenvalue weighted by atomic mass is 35.5. The van der Waals surface area contributed by atoms with Gasteiger partial charge in [-0.3, -0.25) is 9.67 Å². The molecule has 0 bridgehead atoms. The number of pyridine rings is 1. The summed E-state index contributed by atoms with van der Waals surface area (Å²) in [6, 6.07) is 9.47. The van der Waals surface area contributed by atoms with Crippen LogP contribution >= 0.6 is 11.6 Å². The van der Waals surface area contributed by atoms with Crippen LogP contribution in [0, 0.1) is 0 Å². The summed E-state index contributed by atoms with van der Waals surface area (Å²) in [6.45, 7) is 3.82. The van der Waals surface area contributed by atoms with Gasteiger partial charge in [-0.05, 0) is 38.1 Å². The van der Waals surface area contributed by atoms with Gasteiger partial charge in [0, 0.05) is 30.4 Å². The van der Waals surface area contributed by atoms with Crippen LogP contribution in [-0.2, 0) is 7.05 Å². The van der Waals surface area contributed by atoms with Crippen molar-refractivity contribution in [2.45, 2.75) is 20.0 Å². The van der Waals surface area contributed by atoms with Crippen LogP contribution < -0.4 is 10.5 Å². The molecule has 0 aliphatic heterocycles. The Labute approximate surface area is 167 Å². The lowest BCUT2D eigenvalue weighted by Crippen LogP contribution is -2.11. The average molecular weight is 395 g/mol. The Hall–Kier alpha value is -3.19. The minimum absolute atomic E-state index is 0.0884. The molecule has 0 saturated carbocycles. The van der Waals surface area contributed by atoms with E-state index in [1.807, 2.05) is 57.4 Å². The zero-order valence-corrected chi connectivity index (χ0v) is 16.5. The largest absolute Gasteiger partial charge is 0.472 e. The molecular weight excluding hydrogens is 376 g/mol.